The highest BCUT2D eigenvalue weighted by atomic mass is 79.9. The molecule has 1 aliphatic carbocycles. The summed E-state index contributed by atoms with van der Waals surface area (Å²) >= 11 is 5.04. The smallest absolute Gasteiger partial charge is 0.164 e. The maximum absolute atomic E-state index is 11.3. The average Bonchev–Trinajstić information content (AvgIpc) is 2.59. The second kappa shape index (κ2) is 3.15. The second-order valence-electron chi connectivity index (χ2n) is 2.68. The van der Waals surface area contributed by atoms with E-state index in [4.69, 9.17) is 0 Å². The van der Waals surface area contributed by atoms with E-state index in [-0.39, 0.29) is 5.78 Å². The Labute approximate surface area is 83.2 Å². The number of carbonyl (C=O) groups is 1. The lowest BCUT2D eigenvalue weighted by atomic mass is 10.2. The summed E-state index contributed by atoms with van der Waals surface area (Å²) in [6.07, 6.45) is 3.61. The first-order valence-corrected chi connectivity index (χ1v) is 5.43. The Bertz CT molecular complexity index is 351. The van der Waals surface area contributed by atoms with Gasteiger partial charge < -0.3 is 0 Å². The van der Waals surface area contributed by atoms with Gasteiger partial charge in [-0.15, -0.1) is 11.3 Å². The van der Waals surface area contributed by atoms with Gasteiger partial charge in [-0.3, -0.25) is 4.79 Å². The molecule has 0 amide bonds. The van der Waals surface area contributed by atoms with Crippen LogP contribution in [0.1, 0.15) is 17.7 Å². The zero-order chi connectivity index (χ0) is 8.55. The van der Waals surface area contributed by atoms with E-state index in [1.165, 1.54) is 0 Å². The molecular weight excluding hydrogens is 236 g/mol. The molecule has 3 heteroatoms. The number of allylic oxidation sites excluding steroid dienone is 2. The highest BCUT2D eigenvalue weighted by molar-refractivity contribution is 9.10. The van der Waals surface area contributed by atoms with Gasteiger partial charge in [0.2, 0.25) is 0 Å². The fraction of sp³-hybridized carbons (Fsp3) is 0.222. The molecule has 0 radical (unpaired) electrons. The van der Waals surface area contributed by atoms with E-state index in [2.05, 4.69) is 15.9 Å². The molecule has 0 N–H and O–H groups in total. The first kappa shape index (κ1) is 8.20. The van der Waals surface area contributed by atoms with Crippen LogP contribution in [-0.4, -0.2) is 5.78 Å². The minimum Gasteiger partial charge on any atom is -0.294 e. The van der Waals surface area contributed by atoms with Gasteiger partial charge in [-0.25, -0.2) is 0 Å². The van der Waals surface area contributed by atoms with Crippen LogP contribution in [0, 0.1) is 0 Å². The third kappa shape index (κ3) is 1.27. The summed E-state index contributed by atoms with van der Waals surface area (Å²) in [5.41, 5.74) is 0.900. The number of thiophene rings is 1. The predicted octanol–water partition coefficient (Wildman–Crippen LogP) is 3.26. The molecule has 0 aliphatic heterocycles. The van der Waals surface area contributed by atoms with Gasteiger partial charge in [-0.1, -0.05) is 6.08 Å². The van der Waals surface area contributed by atoms with E-state index in [0.717, 1.165) is 21.3 Å². The van der Waals surface area contributed by atoms with Crippen LogP contribution in [0.3, 0.4) is 0 Å². The Kier molecular flexibility index (Phi) is 2.15. The van der Waals surface area contributed by atoms with Gasteiger partial charge in [0.15, 0.2) is 5.78 Å². The third-order valence-electron chi connectivity index (χ3n) is 1.88. The molecule has 1 aromatic rings. The molecule has 0 saturated carbocycles. The van der Waals surface area contributed by atoms with Crippen LogP contribution >= 0.6 is 27.3 Å². The maximum atomic E-state index is 11.3. The molecule has 1 aromatic heterocycles. The van der Waals surface area contributed by atoms with Gasteiger partial charge in [0.1, 0.15) is 0 Å². The zero-order valence-electron chi connectivity index (χ0n) is 6.34. The molecule has 62 valence electrons. The molecule has 0 fully saturated rings. The van der Waals surface area contributed by atoms with Crippen LogP contribution < -0.4 is 0 Å². The summed E-state index contributed by atoms with van der Waals surface area (Å²) in [5, 5.41) is 1.99. The number of hydrogen-bond donors (Lipinski definition) is 0. The van der Waals surface area contributed by atoms with Crippen molar-refractivity contribution in [2.75, 3.05) is 0 Å². The zero-order valence-corrected chi connectivity index (χ0v) is 8.74. The van der Waals surface area contributed by atoms with E-state index in [1.807, 2.05) is 17.5 Å². The lowest BCUT2D eigenvalue weighted by Gasteiger charge is -1.96. The van der Waals surface area contributed by atoms with Gasteiger partial charge in [0.25, 0.3) is 0 Å². The summed E-state index contributed by atoms with van der Waals surface area (Å²) in [4.78, 5) is 12.4. The fourth-order valence-electron chi connectivity index (χ4n) is 1.30. The highest BCUT2D eigenvalue weighted by Gasteiger charge is 2.19. The van der Waals surface area contributed by atoms with Crippen molar-refractivity contribution in [1.82, 2.24) is 0 Å². The van der Waals surface area contributed by atoms with Gasteiger partial charge in [-0.05, 0) is 33.8 Å². The summed E-state index contributed by atoms with van der Waals surface area (Å²) in [6, 6.07) is 1.98. The Morgan fingerprint density at radius 2 is 2.33 bits per heavy atom. The monoisotopic (exact) mass is 242 g/mol. The second-order valence-corrected chi connectivity index (χ2v) is 4.45. The molecule has 1 nitrogen and oxygen atoms in total. The van der Waals surface area contributed by atoms with Gasteiger partial charge in [0, 0.05) is 16.5 Å². The quantitative estimate of drug-likeness (QED) is 0.739. The van der Waals surface area contributed by atoms with E-state index in [1.54, 1.807) is 11.3 Å². The number of rotatable bonds is 1. The van der Waals surface area contributed by atoms with Gasteiger partial charge in [0.05, 0.1) is 4.88 Å². The van der Waals surface area contributed by atoms with Crippen molar-refractivity contribution in [2.24, 2.45) is 0 Å². The third-order valence-corrected chi connectivity index (χ3v) is 3.75. The van der Waals surface area contributed by atoms with Crippen molar-refractivity contribution in [2.45, 2.75) is 12.8 Å². The number of hydrogen-bond acceptors (Lipinski definition) is 2. The number of ketones is 1. The van der Waals surface area contributed by atoms with Crippen molar-refractivity contribution in [1.29, 1.82) is 0 Å². The fourth-order valence-corrected chi connectivity index (χ4v) is 2.95. The minimum atomic E-state index is 0.276. The van der Waals surface area contributed by atoms with E-state index in [9.17, 15) is 4.79 Å². The van der Waals surface area contributed by atoms with Crippen molar-refractivity contribution < 1.29 is 4.79 Å². The van der Waals surface area contributed by atoms with Gasteiger partial charge >= 0.3 is 0 Å². The van der Waals surface area contributed by atoms with E-state index >= 15 is 0 Å². The molecule has 12 heavy (non-hydrogen) atoms. The van der Waals surface area contributed by atoms with Crippen molar-refractivity contribution in [3.8, 4) is 0 Å². The summed E-state index contributed by atoms with van der Waals surface area (Å²) in [6.45, 7) is 0. The Morgan fingerprint density at radius 1 is 1.50 bits per heavy atom. The molecule has 1 heterocycles. The lowest BCUT2D eigenvalue weighted by Crippen LogP contribution is -1.92. The first-order valence-electron chi connectivity index (χ1n) is 3.76. The van der Waals surface area contributed by atoms with Crippen LogP contribution in [0.15, 0.2) is 22.0 Å². The van der Waals surface area contributed by atoms with Crippen molar-refractivity contribution >= 4 is 38.6 Å². The molecule has 0 unspecified atom stereocenters. The number of halogens is 1. The predicted molar refractivity (Wildman–Crippen MR) is 54.2 cm³/mol. The van der Waals surface area contributed by atoms with Crippen molar-refractivity contribution in [3.05, 3.63) is 26.9 Å². The molecule has 2 rings (SSSR count). The maximum Gasteiger partial charge on any atom is 0.164 e. The minimum absolute atomic E-state index is 0.276. The summed E-state index contributed by atoms with van der Waals surface area (Å²) in [7, 11) is 0. The first-order chi connectivity index (χ1) is 5.79. The Morgan fingerprint density at radius 3 is 2.83 bits per heavy atom. The standard InChI is InChI=1S/C9H7BrOS/c10-7-4-5-12-9(7)6-2-1-3-8(6)11/h2,4-5H,1,3H2. The molecule has 0 saturated heterocycles. The van der Waals surface area contributed by atoms with Crippen LogP contribution in [0.2, 0.25) is 0 Å². The van der Waals surface area contributed by atoms with Crippen LogP contribution in [0.4, 0.5) is 0 Å². The number of carbonyl (C=O) groups excluding carboxylic acids is 1. The lowest BCUT2D eigenvalue weighted by molar-refractivity contribution is -0.113. The average molecular weight is 243 g/mol. The van der Waals surface area contributed by atoms with Crippen molar-refractivity contribution in [3.63, 3.8) is 0 Å². The molecule has 0 bridgehead atoms. The topological polar surface area (TPSA) is 17.1 Å². The SMILES string of the molecule is O=C1CCC=C1c1sccc1Br. The molecule has 1 aliphatic rings. The normalized spacial score (nSPS) is 16.8. The number of Topliss-reactive ketones (excluding diaryl/α,β-unsaturated/α-hetero) is 1. The summed E-state index contributed by atoms with van der Waals surface area (Å²) in [5.74, 6) is 0.276. The molecule has 0 aromatic carbocycles. The van der Waals surface area contributed by atoms with Crippen LogP contribution in [0.5, 0.6) is 0 Å². The largest absolute Gasteiger partial charge is 0.294 e. The highest BCUT2D eigenvalue weighted by Crippen LogP contribution is 2.34. The Balaban J connectivity index is 2.43. The van der Waals surface area contributed by atoms with E-state index in [0.29, 0.717) is 6.42 Å². The summed E-state index contributed by atoms with van der Waals surface area (Å²) < 4.78 is 1.04. The van der Waals surface area contributed by atoms with Crippen LogP contribution in [0.25, 0.3) is 5.57 Å². The van der Waals surface area contributed by atoms with E-state index < -0.39 is 0 Å². The Hall–Kier alpha value is -0.410. The molecule has 0 atom stereocenters. The molecular formula is C9H7BrOS. The molecule has 0 spiro atoms. The van der Waals surface area contributed by atoms with Gasteiger partial charge in [-0.2, -0.15) is 0 Å². The van der Waals surface area contributed by atoms with Crippen LogP contribution in [-0.2, 0) is 4.79 Å².